The standard InChI is InChI=1S/C14H15BrClN5O/c1-8-2-3-9(15)6-10(8)21-11(22)4-5-18-14-12(16)13(17)19-7-20-14/h2-3,6-7H,4-5H2,1H3,(H,21,22)(H3,17,18,19,20). The van der Waals surface area contributed by atoms with Crippen LogP contribution in [0.3, 0.4) is 0 Å². The Morgan fingerprint density at radius 2 is 2.18 bits per heavy atom. The molecule has 2 aromatic rings. The van der Waals surface area contributed by atoms with Gasteiger partial charge in [-0.05, 0) is 24.6 Å². The van der Waals surface area contributed by atoms with Gasteiger partial charge in [0.05, 0.1) is 0 Å². The molecule has 0 fully saturated rings. The average molecular weight is 385 g/mol. The van der Waals surface area contributed by atoms with Gasteiger partial charge in [-0.2, -0.15) is 0 Å². The third-order valence-corrected chi connectivity index (χ3v) is 3.80. The van der Waals surface area contributed by atoms with Crippen molar-refractivity contribution in [3.63, 3.8) is 0 Å². The summed E-state index contributed by atoms with van der Waals surface area (Å²) in [4.78, 5) is 19.7. The lowest BCUT2D eigenvalue weighted by molar-refractivity contribution is -0.115. The van der Waals surface area contributed by atoms with Crippen molar-refractivity contribution in [3.8, 4) is 0 Å². The van der Waals surface area contributed by atoms with Gasteiger partial charge in [0.1, 0.15) is 23.0 Å². The van der Waals surface area contributed by atoms with Gasteiger partial charge < -0.3 is 16.4 Å². The van der Waals surface area contributed by atoms with E-state index in [9.17, 15) is 4.79 Å². The van der Waals surface area contributed by atoms with Crippen LogP contribution >= 0.6 is 27.5 Å². The SMILES string of the molecule is Cc1ccc(Br)cc1NC(=O)CCNc1ncnc(N)c1Cl. The zero-order chi connectivity index (χ0) is 16.1. The Bertz CT molecular complexity index is 695. The van der Waals surface area contributed by atoms with E-state index < -0.39 is 0 Å². The summed E-state index contributed by atoms with van der Waals surface area (Å²) in [6.07, 6.45) is 1.58. The monoisotopic (exact) mass is 383 g/mol. The molecule has 8 heteroatoms. The van der Waals surface area contributed by atoms with Crippen LogP contribution in [-0.2, 0) is 4.79 Å². The number of nitrogens with zero attached hydrogens (tertiary/aromatic N) is 2. The zero-order valence-corrected chi connectivity index (χ0v) is 14.2. The Hall–Kier alpha value is -1.86. The molecule has 1 aromatic carbocycles. The Morgan fingerprint density at radius 1 is 1.41 bits per heavy atom. The molecule has 0 atom stereocenters. The van der Waals surface area contributed by atoms with Crippen LogP contribution in [0.25, 0.3) is 0 Å². The van der Waals surface area contributed by atoms with Crippen LogP contribution in [0.4, 0.5) is 17.3 Å². The van der Waals surface area contributed by atoms with Crippen LogP contribution in [0, 0.1) is 6.92 Å². The molecule has 22 heavy (non-hydrogen) atoms. The maximum atomic E-state index is 12.0. The van der Waals surface area contributed by atoms with Gasteiger partial charge in [0.25, 0.3) is 0 Å². The molecular weight excluding hydrogens is 370 g/mol. The topological polar surface area (TPSA) is 92.9 Å². The predicted molar refractivity (Wildman–Crippen MR) is 92.1 cm³/mol. The molecule has 116 valence electrons. The molecule has 0 saturated carbocycles. The molecule has 2 rings (SSSR count). The summed E-state index contributed by atoms with van der Waals surface area (Å²) in [5.74, 6) is 0.515. The molecule has 0 aliphatic rings. The first-order chi connectivity index (χ1) is 10.5. The summed E-state index contributed by atoms with van der Waals surface area (Å²) in [6.45, 7) is 2.32. The van der Waals surface area contributed by atoms with Crippen LogP contribution in [-0.4, -0.2) is 22.4 Å². The largest absolute Gasteiger partial charge is 0.382 e. The number of rotatable bonds is 5. The fourth-order valence-corrected chi connectivity index (χ4v) is 2.27. The lowest BCUT2D eigenvalue weighted by Gasteiger charge is -2.10. The van der Waals surface area contributed by atoms with Crippen molar-refractivity contribution in [1.82, 2.24) is 9.97 Å². The fourth-order valence-electron chi connectivity index (χ4n) is 1.74. The molecule has 1 heterocycles. The average Bonchev–Trinajstić information content (AvgIpc) is 2.47. The number of nitrogens with two attached hydrogens (primary N) is 1. The minimum atomic E-state index is -0.105. The molecule has 1 amide bonds. The number of carbonyl (C=O) groups is 1. The quantitative estimate of drug-likeness (QED) is 0.736. The molecule has 6 nitrogen and oxygen atoms in total. The predicted octanol–water partition coefficient (Wildman–Crippen LogP) is 3.22. The van der Waals surface area contributed by atoms with Crippen molar-refractivity contribution in [1.29, 1.82) is 0 Å². The highest BCUT2D eigenvalue weighted by atomic mass is 79.9. The van der Waals surface area contributed by atoms with Crippen molar-refractivity contribution in [2.75, 3.05) is 22.9 Å². The van der Waals surface area contributed by atoms with Crippen molar-refractivity contribution < 1.29 is 4.79 Å². The summed E-state index contributed by atoms with van der Waals surface area (Å²) in [5, 5.41) is 6.08. The summed E-state index contributed by atoms with van der Waals surface area (Å²) in [6, 6.07) is 5.72. The molecule has 0 unspecified atom stereocenters. The molecule has 0 radical (unpaired) electrons. The Labute approximate surface area is 141 Å². The summed E-state index contributed by atoms with van der Waals surface area (Å²) < 4.78 is 0.912. The second-order valence-electron chi connectivity index (χ2n) is 4.61. The highest BCUT2D eigenvalue weighted by Crippen LogP contribution is 2.23. The van der Waals surface area contributed by atoms with Gasteiger partial charge in [-0.25, -0.2) is 9.97 Å². The number of benzene rings is 1. The number of nitrogens with one attached hydrogen (secondary N) is 2. The van der Waals surface area contributed by atoms with E-state index in [4.69, 9.17) is 17.3 Å². The molecule has 0 bridgehead atoms. The van der Waals surface area contributed by atoms with E-state index in [0.717, 1.165) is 15.7 Å². The number of hydrogen-bond donors (Lipinski definition) is 3. The minimum absolute atomic E-state index is 0.105. The smallest absolute Gasteiger partial charge is 0.226 e. The van der Waals surface area contributed by atoms with Gasteiger partial charge in [0, 0.05) is 23.1 Å². The Kier molecular flexibility index (Phi) is 5.57. The highest BCUT2D eigenvalue weighted by molar-refractivity contribution is 9.10. The van der Waals surface area contributed by atoms with Gasteiger partial charge in [-0.3, -0.25) is 4.79 Å². The first-order valence-electron chi connectivity index (χ1n) is 6.53. The number of carbonyl (C=O) groups excluding carboxylic acids is 1. The minimum Gasteiger partial charge on any atom is -0.382 e. The van der Waals surface area contributed by atoms with Gasteiger partial charge in [-0.1, -0.05) is 33.6 Å². The molecule has 0 aliphatic carbocycles. The van der Waals surface area contributed by atoms with Gasteiger partial charge >= 0.3 is 0 Å². The van der Waals surface area contributed by atoms with E-state index in [2.05, 4.69) is 36.5 Å². The number of halogens is 2. The number of anilines is 3. The molecule has 0 aliphatic heterocycles. The maximum Gasteiger partial charge on any atom is 0.226 e. The normalized spacial score (nSPS) is 10.3. The summed E-state index contributed by atoms with van der Waals surface area (Å²) >= 11 is 9.34. The highest BCUT2D eigenvalue weighted by Gasteiger charge is 2.08. The van der Waals surface area contributed by atoms with Crippen LogP contribution in [0.15, 0.2) is 29.0 Å². The third-order valence-electron chi connectivity index (χ3n) is 2.93. The van der Waals surface area contributed by atoms with Crippen molar-refractivity contribution in [3.05, 3.63) is 39.6 Å². The first kappa shape index (κ1) is 16.5. The van der Waals surface area contributed by atoms with E-state index >= 15 is 0 Å². The molecule has 1 aromatic heterocycles. The van der Waals surface area contributed by atoms with E-state index in [1.54, 1.807) is 0 Å². The Balaban J connectivity index is 1.88. The van der Waals surface area contributed by atoms with E-state index in [-0.39, 0.29) is 23.2 Å². The van der Waals surface area contributed by atoms with Gasteiger partial charge in [0.15, 0.2) is 0 Å². The van der Waals surface area contributed by atoms with Crippen molar-refractivity contribution in [2.24, 2.45) is 0 Å². The second kappa shape index (κ2) is 7.42. The van der Waals surface area contributed by atoms with Gasteiger partial charge in [0.2, 0.25) is 5.91 Å². The van der Waals surface area contributed by atoms with Crippen LogP contribution in [0.2, 0.25) is 5.02 Å². The molecule has 4 N–H and O–H groups in total. The number of nitrogen functional groups attached to an aromatic ring is 1. The third kappa shape index (κ3) is 4.32. The maximum absolute atomic E-state index is 12.0. The number of amides is 1. The number of hydrogen-bond acceptors (Lipinski definition) is 5. The van der Waals surface area contributed by atoms with E-state index in [0.29, 0.717) is 12.4 Å². The lowest BCUT2D eigenvalue weighted by atomic mass is 10.2. The van der Waals surface area contributed by atoms with E-state index in [1.807, 2.05) is 25.1 Å². The number of aromatic nitrogens is 2. The lowest BCUT2D eigenvalue weighted by Crippen LogP contribution is -2.17. The van der Waals surface area contributed by atoms with Crippen LogP contribution in [0.5, 0.6) is 0 Å². The van der Waals surface area contributed by atoms with E-state index in [1.165, 1.54) is 6.33 Å². The molecule has 0 saturated heterocycles. The Morgan fingerprint density at radius 3 is 2.95 bits per heavy atom. The molecule has 0 spiro atoms. The summed E-state index contributed by atoms with van der Waals surface area (Å²) in [5.41, 5.74) is 7.36. The molecular formula is C14H15BrClN5O. The van der Waals surface area contributed by atoms with Crippen LogP contribution in [0.1, 0.15) is 12.0 Å². The van der Waals surface area contributed by atoms with Crippen molar-refractivity contribution in [2.45, 2.75) is 13.3 Å². The summed E-state index contributed by atoms with van der Waals surface area (Å²) in [7, 11) is 0. The first-order valence-corrected chi connectivity index (χ1v) is 7.70. The zero-order valence-electron chi connectivity index (χ0n) is 11.9. The van der Waals surface area contributed by atoms with Gasteiger partial charge in [-0.15, -0.1) is 0 Å². The van der Waals surface area contributed by atoms with Crippen LogP contribution < -0.4 is 16.4 Å². The second-order valence-corrected chi connectivity index (χ2v) is 5.90. The van der Waals surface area contributed by atoms with Crippen molar-refractivity contribution >= 4 is 50.8 Å². The fraction of sp³-hybridized carbons (Fsp3) is 0.214. The number of aryl methyl sites for hydroxylation is 1.